The van der Waals surface area contributed by atoms with E-state index in [0.29, 0.717) is 17.7 Å². The van der Waals surface area contributed by atoms with Gasteiger partial charge in [0, 0.05) is 17.5 Å². The second-order valence-corrected chi connectivity index (χ2v) is 3.32. The Morgan fingerprint density at radius 1 is 1.40 bits per heavy atom. The SMILES string of the molecule is Cc1ncccc1C(=O)Cc1ccco1. The molecule has 0 aliphatic heterocycles. The van der Waals surface area contributed by atoms with Crippen molar-refractivity contribution in [3.8, 4) is 0 Å². The summed E-state index contributed by atoms with van der Waals surface area (Å²) in [5, 5.41) is 0. The number of nitrogens with zero attached hydrogens (tertiary/aromatic N) is 1. The van der Waals surface area contributed by atoms with Crippen LogP contribution in [0, 0.1) is 6.92 Å². The van der Waals surface area contributed by atoms with Crippen LogP contribution in [-0.4, -0.2) is 10.8 Å². The van der Waals surface area contributed by atoms with Crippen molar-refractivity contribution < 1.29 is 9.21 Å². The molecule has 3 nitrogen and oxygen atoms in total. The van der Waals surface area contributed by atoms with Crippen molar-refractivity contribution in [2.24, 2.45) is 0 Å². The van der Waals surface area contributed by atoms with E-state index >= 15 is 0 Å². The molecule has 0 radical (unpaired) electrons. The summed E-state index contributed by atoms with van der Waals surface area (Å²) in [6, 6.07) is 7.12. The number of hydrogen-bond donors (Lipinski definition) is 0. The molecule has 2 heterocycles. The number of pyridine rings is 1. The predicted molar refractivity (Wildman–Crippen MR) is 55.7 cm³/mol. The molecule has 0 amide bonds. The maximum atomic E-state index is 11.8. The smallest absolute Gasteiger partial charge is 0.172 e. The van der Waals surface area contributed by atoms with E-state index in [1.165, 1.54) is 0 Å². The van der Waals surface area contributed by atoms with E-state index in [1.807, 2.05) is 6.92 Å². The zero-order valence-corrected chi connectivity index (χ0v) is 8.43. The average Bonchev–Trinajstić information content (AvgIpc) is 2.71. The van der Waals surface area contributed by atoms with Gasteiger partial charge in [-0.25, -0.2) is 0 Å². The van der Waals surface area contributed by atoms with Crippen molar-refractivity contribution in [2.75, 3.05) is 0 Å². The lowest BCUT2D eigenvalue weighted by atomic mass is 10.1. The van der Waals surface area contributed by atoms with Crippen molar-refractivity contribution in [1.82, 2.24) is 4.98 Å². The Kier molecular flexibility index (Phi) is 2.63. The summed E-state index contributed by atoms with van der Waals surface area (Å²) < 4.78 is 5.12. The number of rotatable bonds is 3. The highest BCUT2D eigenvalue weighted by molar-refractivity contribution is 5.98. The largest absolute Gasteiger partial charge is 0.469 e. The second-order valence-electron chi connectivity index (χ2n) is 3.32. The minimum atomic E-state index is 0.0375. The number of carbonyl (C=O) groups is 1. The van der Waals surface area contributed by atoms with Crippen molar-refractivity contribution in [1.29, 1.82) is 0 Å². The van der Waals surface area contributed by atoms with Gasteiger partial charge in [-0.2, -0.15) is 0 Å². The average molecular weight is 201 g/mol. The standard InChI is InChI=1S/C12H11NO2/c1-9-11(5-2-6-13-9)12(14)8-10-4-3-7-15-10/h2-7H,8H2,1H3. The summed E-state index contributed by atoms with van der Waals surface area (Å²) in [5.41, 5.74) is 1.42. The van der Waals surface area contributed by atoms with Crippen LogP contribution in [0.15, 0.2) is 41.1 Å². The van der Waals surface area contributed by atoms with Crippen molar-refractivity contribution in [2.45, 2.75) is 13.3 Å². The number of ketones is 1. The van der Waals surface area contributed by atoms with Gasteiger partial charge in [-0.05, 0) is 31.2 Å². The molecule has 76 valence electrons. The van der Waals surface area contributed by atoms with Crippen LogP contribution in [0.1, 0.15) is 21.8 Å². The summed E-state index contributed by atoms with van der Waals surface area (Å²) in [6.45, 7) is 1.83. The van der Waals surface area contributed by atoms with Gasteiger partial charge in [0.2, 0.25) is 0 Å². The highest BCUT2D eigenvalue weighted by atomic mass is 16.3. The molecule has 0 unspecified atom stereocenters. The lowest BCUT2D eigenvalue weighted by Crippen LogP contribution is -2.05. The fourth-order valence-corrected chi connectivity index (χ4v) is 1.45. The van der Waals surface area contributed by atoms with Gasteiger partial charge in [-0.1, -0.05) is 0 Å². The van der Waals surface area contributed by atoms with Crippen LogP contribution in [-0.2, 0) is 6.42 Å². The van der Waals surface area contributed by atoms with Crippen LogP contribution in [0.25, 0.3) is 0 Å². The summed E-state index contributed by atoms with van der Waals surface area (Å²) in [5.74, 6) is 0.721. The topological polar surface area (TPSA) is 43.1 Å². The summed E-state index contributed by atoms with van der Waals surface area (Å²) in [6.07, 6.45) is 3.54. The molecule has 0 aliphatic rings. The van der Waals surface area contributed by atoms with Crippen LogP contribution in [0.5, 0.6) is 0 Å². The van der Waals surface area contributed by atoms with Crippen molar-refractivity contribution in [3.63, 3.8) is 0 Å². The monoisotopic (exact) mass is 201 g/mol. The van der Waals surface area contributed by atoms with Gasteiger partial charge in [-0.3, -0.25) is 9.78 Å². The maximum Gasteiger partial charge on any atom is 0.172 e. The number of aryl methyl sites for hydroxylation is 1. The van der Waals surface area contributed by atoms with Gasteiger partial charge < -0.3 is 4.42 Å². The van der Waals surface area contributed by atoms with Gasteiger partial charge in [0.25, 0.3) is 0 Å². The highest BCUT2D eigenvalue weighted by Crippen LogP contribution is 2.10. The third-order valence-electron chi connectivity index (χ3n) is 2.22. The van der Waals surface area contributed by atoms with Crippen molar-refractivity contribution in [3.05, 3.63) is 53.7 Å². The van der Waals surface area contributed by atoms with E-state index in [9.17, 15) is 4.79 Å². The Balaban J connectivity index is 2.19. The minimum Gasteiger partial charge on any atom is -0.469 e. The molecule has 0 atom stereocenters. The Morgan fingerprint density at radius 2 is 2.27 bits per heavy atom. The molecule has 2 aromatic heterocycles. The fourth-order valence-electron chi connectivity index (χ4n) is 1.45. The highest BCUT2D eigenvalue weighted by Gasteiger charge is 2.11. The molecule has 0 N–H and O–H groups in total. The zero-order valence-electron chi connectivity index (χ0n) is 8.43. The lowest BCUT2D eigenvalue weighted by molar-refractivity contribution is 0.0986. The summed E-state index contributed by atoms with van der Waals surface area (Å²) in [7, 11) is 0. The molecular weight excluding hydrogens is 190 g/mol. The molecule has 2 aromatic rings. The number of carbonyl (C=O) groups excluding carboxylic acids is 1. The van der Waals surface area contributed by atoms with Crippen LogP contribution in [0.3, 0.4) is 0 Å². The number of hydrogen-bond acceptors (Lipinski definition) is 3. The molecular formula is C12H11NO2. The van der Waals surface area contributed by atoms with Gasteiger partial charge in [0.05, 0.1) is 12.7 Å². The first-order valence-electron chi connectivity index (χ1n) is 4.74. The third-order valence-corrected chi connectivity index (χ3v) is 2.22. The van der Waals surface area contributed by atoms with Crippen LogP contribution < -0.4 is 0 Å². The van der Waals surface area contributed by atoms with E-state index in [1.54, 1.807) is 36.7 Å². The molecule has 2 rings (SSSR count). The van der Waals surface area contributed by atoms with Crippen molar-refractivity contribution >= 4 is 5.78 Å². The van der Waals surface area contributed by atoms with Crippen LogP contribution >= 0.6 is 0 Å². The Bertz CT molecular complexity index is 460. The lowest BCUT2D eigenvalue weighted by Gasteiger charge is -2.01. The van der Waals surface area contributed by atoms with E-state index < -0.39 is 0 Å². The summed E-state index contributed by atoms with van der Waals surface area (Å²) in [4.78, 5) is 15.9. The molecule has 0 aliphatic carbocycles. The first-order valence-corrected chi connectivity index (χ1v) is 4.74. The van der Waals surface area contributed by atoms with Gasteiger partial charge >= 0.3 is 0 Å². The Morgan fingerprint density at radius 3 is 2.93 bits per heavy atom. The van der Waals surface area contributed by atoms with Gasteiger partial charge in [-0.15, -0.1) is 0 Å². The first-order chi connectivity index (χ1) is 7.27. The molecule has 0 saturated carbocycles. The number of Topliss-reactive ketones (excluding diaryl/α,β-unsaturated/α-hetero) is 1. The van der Waals surface area contributed by atoms with Crippen LogP contribution in [0.4, 0.5) is 0 Å². The summed E-state index contributed by atoms with van der Waals surface area (Å²) >= 11 is 0. The molecule has 0 bridgehead atoms. The molecule has 0 spiro atoms. The first kappa shape index (κ1) is 9.65. The number of furan rings is 1. The second kappa shape index (κ2) is 4.09. The van der Waals surface area contributed by atoms with Gasteiger partial charge in [0.1, 0.15) is 5.76 Å². The zero-order chi connectivity index (χ0) is 10.7. The molecule has 3 heteroatoms. The quantitative estimate of drug-likeness (QED) is 0.716. The Labute approximate surface area is 87.8 Å². The maximum absolute atomic E-state index is 11.8. The Hall–Kier alpha value is -1.90. The van der Waals surface area contributed by atoms with E-state index in [-0.39, 0.29) is 5.78 Å². The molecule has 0 aromatic carbocycles. The predicted octanol–water partition coefficient (Wildman–Crippen LogP) is 2.41. The van der Waals surface area contributed by atoms with E-state index in [0.717, 1.165) is 5.69 Å². The fraction of sp³-hybridized carbons (Fsp3) is 0.167. The van der Waals surface area contributed by atoms with Crippen LogP contribution in [0.2, 0.25) is 0 Å². The van der Waals surface area contributed by atoms with Gasteiger partial charge in [0.15, 0.2) is 5.78 Å². The third kappa shape index (κ3) is 2.13. The van der Waals surface area contributed by atoms with E-state index in [4.69, 9.17) is 4.42 Å². The molecule has 15 heavy (non-hydrogen) atoms. The number of aromatic nitrogens is 1. The normalized spacial score (nSPS) is 10.2. The minimum absolute atomic E-state index is 0.0375. The molecule has 0 fully saturated rings. The molecule has 0 saturated heterocycles. The van der Waals surface area contributed by atoms with E-state index in [2.05, 4.69) is 4.98 Å².